The molecule has 0 atom stereocenters. The number of aryl methyl sites for hydroxylation is 1. The highest BCUT2D eigenvalue weighted by molar-refractivity contribution is 7.90. The van der Waals surface area contributed by atoms with Gasteiger partial charge in [-0.25, -0.2) is 25.5 Å². The predicted molar refractivity (Wildman–Crippen MR) is 162 cm³/mol. The average Bonchev–Trinajstić information content (AvgIpc) is 3.60. The second-order valence-electron chi connectivity index (χ2n) is 10.6. The lowest BCUT2D eigenvalue weighted by atomic mass is 10.1. The lowest BCUT2D eigenvalue weighted by molar-refractivity contribution is 0.103. The summed E-state index contributed by atoms with van der Waals surface area (Å²) in [4.78, 5) is 18.5. The molecule has 1 aliphatic rings. The molecule has 0 amide bonds. The Morgan fingerprint density at radius 1 is 0.952 bits per heavy atom. The fourth-order valence-corrected chi connectivity index (χ4v) is 7.49. The maximum absolute atomic E-state index is 14.0. The van der Waals surface area contributed by atoms with E-state index < -0.39 is 25.6 Å². The van der Waals surface area contributed by atoms with E-state index >= 15 is 0 Å². The first-order chi connectivity index (χ1) is 19.8. The topological polar surface area (TPSA) is 146 Å². The predicted octanol–water partition coefficient (Wildman–Crippen LogP) is 4.38. The minimum Gasteiger partial charge on any atom is -0.383 e. The van der Waals surface area contributed by atoms with Crippen LogP contribution in [0, 0.1) is 6.92 Å². The Hall–Kier alpha value is -4.55. The number of aliphatic imine (C=N–C) groups is 1. The number of ketones is 1. The summed E-state index contributed by atoms with van der Waals surface area (Å²) in [6.45, 7) is 3.79. The summed E-state index contributed by atoms with van der Waals surface area (Å²) < 4.78 is 54.5. The molecule has 0 fully saturated rings. The van der Waals surface area contributed by atoms with Gasteiger partial charge in [0.2, 0.25) is 5.78 Å². The quantitative estimate of drug-likeness (QED) is 0.272. The highest BCUT2D eigenvalue weighted by Gasteiger charge is 2.29. The van der Waals surface area contributed by atoms with Crippen molar-refractivity contribution < 1.29 is 21.6 Å². The Kier molecular flexibility index (Phi) is 6.43. The Labute approximate surface area is 243 Å². The minimum atomic E-state index is -4.29. The average molecular weight is 602 g/mol. The van der Waals surface area contributed by atoms with Gasteiger partial charge in [0.25, 0.3) is 10.0 Å². The zero-order valence-corrected chi connectivity index (χ0v) is 24.7. The van der Waals surface area contributed by atoms with Crippen molar-refractivity contribution >= 4 is 53.8 Å². The second kappa shape index (κ2) is 9.78. The number of nitrogens with zero attached hydrogens (tertiary/aromatic N) is 4. The standard InChI is InChI=1S/C30H27N5O5S2/c1-18-4-9-24(10-5-18)42(39,40)35-27-13-20(17-41(3,37)38)6-7-21(27)15-28(35)29(36)25-16-32-34(30(25)31)23-8-11-26-22(14-23)12-19(2)33-26/h4-11,13-16H,12,17,31H2,1-3H3. The molecule has 2 aromatic heterocycles. The first-order valence-electron chi connectivity index (χ1n) is 13.0. The second-order valence-corrected chi connectivity index (χ2v) is 14.5. The molecule has 0 saturated heterocycles. The van der Waals surface area contributed by atoms with Crippen LogP contribution in [0.3, 0.4) is 0 Å². The number of hydrogen-bond acceptors (Lipinski definition) is 8. The van der Waals surface area contributed by atoms with Crippen molar-refractivity contribution in [3.05, 3.63) is 101 Å². The van der Waals surface area contributed by atoms with Crippen LogP contribution in [0.2, 0.25) is 0 Å². The van der Waals surface area contributed by atoms with Gasteiger partial charge >= 0.3 is 0 Å². The summed E-state index contributed by atoms with van der Waals surface area (Å²) in [5, 5.41) is 4.80. The van der Waals surface area contributed by atoms with Crippen molar-refractivity contribution in [3.63, 3.8) is 0 Å². The zero-order chi connectivity index (χ0) is 30.0. The molecule has 214 valence electrons. The summed E-state index contributed by atoms with van der Waals surface area (Å²) in [6, 6.07) is 18.0. The summed E-state index contributed by atoms with van der Waals surface area (Å²) in [5.41, 5.74) is 11.3. The van der Waals surface area contributed by atoms with Crippen molar-refractivity contribution in [3.8, 4) is 5.69 Å². The van der Waals surface area contributed by atoms with Gasteiger partial charge in [-0.2, -0.15) is 5.10 Å². The number of fused-ring (bicyclic) bond motifs is 2. The molecule has 0 spiro atoms. The van der Waals surface area contributed by atoms with Gasteiger partial charge < -0.3 is 5.73 Å². The number of anilines is 1. The van der Waals surface area contributed by atoms with E-state index in [-0.39, 0.29) is 33.2 Å². The molecule has 0 saturated carbocycles. The van der Waals surface area contributed by atoms with Gasteiger partial charge in [-0.3, -0.25) is 9.79 Å². The molecule has 1 aliphatic heterocycles. The monoisotopic (exact) mass is 601 g/mol. The van der Waals surface area contributed by atoms with Gasteiger partial charge in [0.15, 0.2) is 9.84 Å². The maximum atomic E-state index is 14.0. The van der Waals surface area contributed by atoms with Crippen LogP contribution in [0.1, 0.15) is 39.7 Å². The molecule has 5 aromatic rings. The summed E-state index contributed by atoms with van der Waals surface area (Å²) in [5.74, 6) is -0.874. The highest BCUT2D eigenvalue weighted by Crippen LogP contribution is 2.32. The number of hydrogen-bond donors (Lipinski definition) is 1. The molecule has 12 heteroatoms. The fraction of sp³-hybridized carbons (Fsp3) is 0.167. The van der Waals surface area contributed by atoms with Gasteiger partial charge in [0, 0.05) is 23.8 Å². The molecule has 2 N–H and O–H groups in total. The molecule has 0 aliphatic carbocycles. The zero-order valence-electron chi connectivity index (χ0n) is 23.1. The normalized spacial score (nSPS) is 13.4. The van der Waals surface area contributed by atoms with Crippen LogP contribution in [0.25, 0.3) is 16.6 Å². The number of sulfone groups is 1. The van der Waals surface area contributed by atoms with Gasteiger partial charge in [0.05, 0.1) is 39.3 Å². The van der Waals surface area contributed by atoms with E-state index in [2.05, 4.69) is 10.1 Å². The molecular weight excluding hydrogens is 574 g/mol. The van der Waals surface area contributed by atoms with Crippen LogP contribution in [-0.2, 0) is 32.0 Å². The van der Waals surface area contributed by atoms with Crippen LogP contribution in [0.5, 0.6) is 0 Å². The Balaban J connectivity index is 1.50. The van der Waals surface area contributed by atoms with E-state index in [1.54, 1.807) is 30.3 Å². The van der Waals surface area contributed by atoms with Crippen molar-refractivity contribution in [2.75, 3.05) is 12.0 Å². The summed E-state index contributed by atoms with van der Waals surface area (Å²) >= 11 is 0. The maximum Gasteiger partial charge on any atom is 0.268 e. The van der Waals surface area contributed by atoms with Gasteiger partial charge in [-0.1, -0.05) is 29.8 Å². The number of carbonyl (C=O) groups excluding carboxylic acids is 1. The Morgan fingerprint density at radius 2 is 1.69 bits per heavy atom. The minimum absolute atomic E-state index is 0.0208. The highest BCUT2D eigenvalue weighted by atomic mass is 32.2. The molecule has 0 bridgehead atoms. The third kappa shape index (κ3) is 4.82. The van der Waals surface area contributed by atoms with E-state index in [0.717, 1.165) is 32.8 Å². The van der Waals surface area contributed by atoms with Crippen molar-refractivity contribution in [2.24, 2.45) is 4.99 Å². The first-order valence-corrected chi connectivity index (χ1v) is 16.5. The molecule has 0 radical (unpaired) electrons. The lowest BCUT2D eigenvalue weighted by Gasteiger charge is -2.12. The van der Waals surface area contributed by atoms with Crippen LogP contribution in [-0.4, -0.2) is 48.3 Å². The number of carbonyl (C=O) groups is 1. The van der Waals surface area contributed by atoms with E-state index in [1.165, 1.54) is 35.1 Å². The van der Waals surface area contributed by atoms with Crippen LogP contribution < -0.4 is 5.73 Å². The molecule has 6 rings (SSSR count). The van der Waals surface area contributed by atoms with Crippen molar-refractivity contribution in [1.29, 1.82) is 0 Å². The van der Waals surface area contributed by atoms with Crippen molar-refractivity contribution in [2.45, 2.75) is 30.9 Å². The van der Waals surface area contributed by atoms with E-state index in [9.17, 15) is 21.6 Å². The van der Waals surface area contributed by atoms with Crippen LogP contribution >= 0.6 is 0 Å². The Morgan fingerprint density at radius 3 is 2.40 bits per heavy atom. The lowest BCUT2D eigenvalue weighted by Crippen LogP contribution is -2.19. The molecule has 42 heavy (non-hydrogen) atoms. The number of aromatic nitrogens is 3. The first kappa shape index (κ1) is 27.6. The third-order valence-corrected chi connectivity index (χ3v) is 9.76. The Bertz CT molecular complexity index is 2170. The number of nitrogens with two attached hydrogens (primary N) is 1. The van der Waals surface area contributed by atoms with Crippen LogP contribution in [0.15, 0.2) is 82.8 Å². The number of rotatable bonds is 7. The molecular formula is C30H27N5O5S2. The van der Waals surface area contributed by atoms with Crippen molar-refractivity contribution in [1.82, 2.24) is 13.8 Å². The summed E-state index contributed by atoms with van der Waals surface area (Å²) in [6.07, 6.45) is 3.13. The third-order valence-electron chi connectivity index (χ3n) is 7.16. The molecule has 0 unspecified atom stereocenters. The molecule has 10 nitrogen and oxygen atoms in total. The van der Waals surface area contributed by atoms with Gasteiger partial charge in [-0.05, 0) is 67.4 Å². The number of benzene rings is 3. The van der Waals surface area contributed by atoms with E-state index in [0.29, 0.717) is 23.1 Å². The van der Waals surface area contributed by atoms with Gasteiger partial charge in [0.1, 0.15) is 11.5 Å². The molecule has 3 heterocycles. The fourth-order valence-electron chi connectivity index (χ4n) is 5.20. The largest absolute Gasteiger partial charge is 0.383 e. The smallest absolute Gasteiger partial charge is 0.268 e. The van der Waals surface area contributed by atoms with E-state index in [1.807, 2.05) is 26.0 Å². The van der Waals surface area contributed by atoms with Gasteiger partial charge in [-0.15, -0.1) is 0 Å². The van der Waals surface area contributed by atoms with Crippen LogP contribution in [0.4, 0.5) is 11.5 Å². The summed E-state index contributed by atoms with van der Waals surface area (Å²) in [7, 11) is -7.69. The SMILES string of the molecule is CC1=Nc2ccc(-n3ncc(C(=O)c4cc5ccc(CS(C)(=O)=O)cc5n4S(=O)(=O)c4ccc(C)cc4)c3N)cc2C1. The van der Waals surface area contributed by atoms with E-state index in [4.69, 9.17) is 5.73 Å². The molecule has 3 aromatic carbocycles. The number of nitrogen functional groups attached to an aromatic ring is 1.